The van der Waals surface area contributed by atoms with Gasteiger partial charge in [0.05, 0.1) is 0 Å². The third-order valence-electron chi connectivity index (χ3n) is 2.25. The Morgan fingerprint density at radius 3 is 2.59 bits per heavy atom. The van der Waals surface area contributed by atoms with Crippen LogP contribution in [0.4, 0.5) is 8.78 Å². The summed E-state index contributed by atoms with van der Waals surface area (Å²) in [5.74, 6) is -1.80. The molecule has 0 saturated heterocycles. The Hall–Kier alpha value is -1.49. The highest BCUT2D eigenvalue weighted by atomic mass is 19.1. The number of hydrogen-bond donors (Lipinski definition) is 2. The molecule has 0 fully saturated rings. The molecule has 0 radical (unpaired) electrons. The van der Waals surface area contributed by atoms with Crippen molar-refractivity contribution in [2.75, 3.05) is 6.54 Å². The molecule has 0 aliphatic heterocycles. The normalized spacial score (nSPS) is 11.4. The van der Waals surface area contributed by atoms with Gasteiger partial charge in [-0.2, -0.15) is 0 Å². The van der Waals surface area contributed by atoms with Gasteiger partial charge in [-0.1, -0.05) is 6.07 Å². The van der Waals surface area contributed by atoms with Gasteiger partial charge in [0.25, 0.3) is 5.91 Å². The average Bonchev–Trinajstić information content (AvgIpc) is 2.19. The second-order valence-corrected chi connectivity index (χ2v) is 4.30. The maximum Gasteiger partial charge on any atom is 0.251 e. The summed E-state index contributed by atoms with van der Waals surface area (Å²) in [6.07, 6.45) is 0.244. The van der Waals surface area contributed by atoms with E-state index in [0.29, 0.717) is 5.56 Å². The van der Waals surface area contributed by atoms with Gasteiger partial charge in [0, 0.05) is 12.6 Å². The van der Waals surface area contributed by atoms with E-state index in [2.05, 4.69) is 5.32 Å². The quantitative estimate of drug-likeness (QED) is 0.839. The number of halogens is 2. The Kier molecular flexibility index (Phi) is 4.17. The summed E-state index contributed by atoms with van der Waals surface area (Å²) in [6.45, 7) is 2.91. The minimum absolute atomic E-state index is 0.186. The number of aliphatic hydroxyl groups is 1. The fourth-order valence-electron chi connectivity index (χ4n) is 1.25. The van der Waals surface area contributed by atoms with Crippen molar-refractivity contribution < 1.29 is 18.7 Å². The molecule has 5 heteroatoms. The number of hydrogen-bond acceptors (Lipinski definition) is 2. The van der Waals surface area contributed by atoms with E-state index in [-0.39, 0.29) is 13.0 Å². The largest absolute Gasteiger partial charge is 0.381 e. The summed E-state index contributed by atoms with van der Waals surface area (Å²) in [5.41, 5.74) is -1.14. The van der Waals surface area contributed by atoms with Crippen LogP contribution in [-0.2, 0) is 11.2 Å². The molecule has 2 N–H and O–H groups in total. The third-order valence-corrected chi connectivity index (χ3v) is 2.25. The van der Waals surface area contributed by atoms with Crippen molar-refractivity contribution in [2.45, 2.75) is 25.9 Å². The Bertz CT molecular complexity index is 413. The minimum Gasteiger partial charge on any atom is -0.381 e. The number of benzene rings is 1. The van der Waals surface area contributed by atoms with E-state index in [1.54, 1.807) is 0 Å². The molecule has 0 aliphatic rings. The molecule has 0 aliphatic carbocycles. The van der Waals surface area contributed by atoms with Gasteiger partial charge in [-0.15, -0.1) is 0 Å². The van der Waals surface area contributed by atoms with E-state index in [0.717, 1.165) is 12.1 Å². The van der Waals surface area contributed by atoms with Crippen molar-refractivity contribution in [2.24, 2.45) is 0 Å². The zero-order valence-electron chi connectivity index (χ0n) is 9.76. The molecule has 3 nitrogen and oxygen atoms in total. The number of rotatable bonds is 4. The summed E-state index contributed by atoms with van der Waals surface area (Å²) in [6, 6.07) is 3.30. The van der Waals surface area contributed by atoms with Crippen LogP contribution >= 0.6 is 0 Å². The molecule has 1 aromatic rings. The van der Waals surface area contributed by atoms with Crippen LogP contribution in [0.1, 0.15) is 19.4 Å². The molecule has 0 heterocycles. The Morgan fingerprint density at radius 1 is 1.41 bits per heavy atom. The highest BCUT2D eigenvalue weighted by Crippen LogP contribution is 2.09. The molecular weight excluding hydrogens is 228 g/mol. The lowest BCUT2D eigenvalue weighted by Crippen LogP contribution is -2.42. The smallest absolute Gasteiger partial charge is 0.251 e. The van der Waals surface area contributed by atoms with Crippen molar-refractivity contribution in [1.29, 1.82) is 0 Å². The molecule has 1 rings (SSSR count). The standard InChI is InChI=1S/C12H15F2NO2/c1-12(2,17)11(16)15-6-5-8-3-4-9(13)7-10(8)14/h3-4,7,17H,5-6H2,1-2H3,(H,15,16). The van der Waals surface area contributed by atoms with Crippen LogP contribution in [0.2, 0.25) is 0 Å². The van der Waals surface area contributed by atoms with Crippen molar-refractivity contribution in [3.8, 4) is 0 Å². The lowest BCUT2D eigenvalue weighted by molar-refractivity contribution is -0.136. The lowest BCUT2D eigenvalue weighted by Gasteiger charge is -2.16. The van der Waals surface area contributed by atoms with Gasteiger partial charge in [-0.3, -0.25) is 4.79 Å². The van der Waals surface area contributed by atoms with E-state index in [1.165, 1.54) is 19.9 Å². The molecule has 1 aromatic carbocycles. The summed E-state index contributed by atoms with van der Waals surface area (Å²) in [4.78, 5) is 11.3. The molecule has 1 amide bonds. The van der Waals surface area contributed by atoms with Crippen LogP contribution in [-0.4, -0.2) is 23.2 Å². The predicted molar refractivity (Wildman–Crippen MR) is 59.4 cm³/mol. The molecular formula is C12H15F2NO2. The van der Waals surface area contributed by atoms with Crippen molar-refractivity contribution in [3.05, 3.63) is 35.4 Å². The molecule has 0 aromatic heterocycles. The Labute approximate surface area is 98.5 Å². The Morgan fingerprint density at radius 2 is 2.06 bits per heavy atom. The average molecular weight is 243 g/mol. The van der Waals surface area contributed by atoms with E-state index in [9.17, 15) is 18.7 Å². The second kappa shape index (κ2) is 5.23. The zero-order chi connectivity index (χ0) is 13.1. The third kappa shape index (κ3) is 4.11. The molecule has 0 unspecified atom stereocenters. The van der Waals surface area contributed by atoms with Gasteiger partial charge in [-0.05, 0) is 31.9 Å². The Balaban J connectivity index is 2.49. The van der Waals surface area contributed by atoms with Crippen molar-refractivity contribution in [1.82, 2.24) is 5.32 Å². The predicted octanol–water partition coefficient (Wildman–Crippen LogP) is 1.39. The maximum absolute atomic E-state index is 13.2. The first kappa shape index (κ1) is 13.6. The monoisotopic (exact) mass is 243 g/mol. The first-order valence-electron chi connectivity index (χ1n) is 5.25. The van der Waals surface area contributed by atoms with Crippen LogP contribution in [0.3, 0.4) is 0 Å². The van der Waals surface area contributed by atoms with Crippen LogP contribution < -0.4 is 5.32 Å². The van der Waals surface area contributed by atoms with Gasteiger partial charge in [0.15, 0.2) is 0 Å². The van der Waals surface area contributed by atoms with Gasteiger partial charge in [0.1, 0.15) is 17.2 Å². The van der Waals surface area contributed by atoms with Crippen LogP contribution in [0.5, 0.6) is 0 Å². The van der Waals surface area contributed by atoms with Gasteiger partial charge in [0.2, 0.25) is 0 Å². The summed E-state index contributed by atoms with van der Waals surface area (Å²) >= 11 is 0. The highest BCUT2D eigenvalue weighted by molar-refractivity contribution is 5.83. The van der Waals surface area contributed by atoms with Gasteiger partial charge < -0.3 is 10.4 Å². The molecule has 17 heavy (non-hydrogen) atoms. The number of nitrogens with one attached hydrogen (secondary N) is 1. The molecule has 94 valence electrons. The van der Waals surface area contributed by atoms with E-state index >= 15 is 0 Å². The number of carbonyl (C=O) groups excluding carboxylic acids is 1. The molecule has 0 spiro atoms. The SMILES string of the molecule is CC(C)(O)C(=O)NCCc1ccc(F)cc1F. The molecule has 0 saturated carbocycles. The fraction of sp³-hybridized carbons (Fsp3) is 0.417. The molecule has 0 bridgehead atoms. The van der Waals surface area contributed by atoms with Gasteiger partial charge >= 0.3 is 0 Å². The lowest BCUT2D eigenvalue weighted by atomic mass is 10.1. The zero-order valence-corrected chi connectivity index (χ0v) is 9.76. The number of carbonyl (C=O) groups is 1. The summed E-state index contributed by atoms with van der Waals surface area (Å²) in [5, 5.41) is 11.8. The van der Waals surface area contributed by atoms with E-state index < -0.39 is 23.1 Å². The summed E-state index contributed by atoms with van der Waals surface area (Å²) < 4.78 is 25.8. The van der Waals surface area contributed by atoms with Crippen LogP contribution in [0.25, 0.3) is 0 Å². The minimum atomic E-state index is -1.46. The maximum atomic E-state index is 13.2. The van der Waals surface area contributed by atoms with Crippen molar-refractivity contribution in [3.63, 3.8) is 0 Å². The van der Waals surface area contributed by atoms with Gasteiger partial charge in [-0.25, -0.2) is 8.78 Å². The van der Waals surface area contributed by atoms with Crippen molar-refractivity contribution >= 4 is 5.91 Å². The van der Waals surface area contributed by atoms with E-state index in [4.69, 9.17) is 0 Å². The van der Waals surface area contributed by atoms with E-state index in [1.807, 2.05) is 0 Å². The first-order chi connectivity index (χ1) is 7.80. The summed E-state index contributed by atoms with van der Waals surface area (Å²) in [7, 11) is 0. The highest BCUT2D eigenvalue weighted by Gasteiger charge is 2.22. The van der Waals surface area contributed by atoms with Crippen LogP contribution in [0.15, 0.2) is 18.2 Å². The fourth-order valence-corrected chi connectivity index (χ4v) is 1.25. The second-order valence-electron chi connectivity index (χ2n) is 4.30. The topological polar surface area (TPSA) is 49.3 Å². The first-order valence-corrected chi connectivity index (χ1v) is 5.25. The number of amides is 1. The van der Waals surface area contributed by atoms with Crippen LogP contribution in [0, 0.1) is 11.6 Å². The molecule has 0 atom stereocenters.